The number of rotatable bonds is 15. The topological polar surface area (TPSA) is 263 Å². The molecule has 45 heavy (non-hydrogen) atoms. The zero-order valence-corrected chi connectivity index (χ0v) is 26.7. The Labute approximate surface area is 269 Å². The average Bonchev–Trinajstić information content (AvgIpc) is 3.40. The number of amides is 5. The summed E-state index contributed by atoms with van der Waals surface area (Å²) in [7, 11) is 2.18. The number of carbonyl (C=O) groups excluding carboxylic acids is 5. The molecule has 1 heterocycles. The van der Waals surface area contributed by atoms with Crippen molar-refractivity contribution in [2.75, 3.05) is 17.6 Å². The van der Waals surface area contributed by atoms with Gasteiger partial charge in [0.1, 0.15) is 23.7 Å². The second-order valence-electron chi connectivity index (χ2n) is 10.4. The lowest BCUT2D eigenvalue weighted by Gasteiger charge is -2.17. The van der Waals surface area contributed by atoms with Crippen LogP contribution in [0.4, 0.5) is 5.95 Å². The van der Waals surface area contributed by atoms with E-state index >= 15 is 0 Å². The van der Waals surface area contributed by atoms with E-state index in [4.69, 9.17) is 27.5 Å². The number of H-pyrrole nitrogens is 1. The molecule has 0 aliphatic carbocycles. The molecule has 2 atom stereocenters. The fraction of sp³-hybridized carbons (Fsp3) is 0.385. The van der Waals surface area contributed by atoms with Crippen LogP contribution in [0.25, 0.3) is 0 Å². The SMILES string of the molecule is CC(C)(C)C(=O)NC(=O)c1ccc(Cl)c(C(=O)Nc2ncc(SSC[C@H](NC(=O)CC[C@H](N)C(=O)O)C(=O)NCC(=O)O)[nH]2)c1. The second-order valence-corrected chi connectivity index (χ2v) is 13.2. The van der Waals surface area contributed by atoms with E-state index in [1.807, 2.05) is 0 Å². The van der Waals surface area contributed by atoms with Crippen LogP contribution < -0.4 is 27.0 Å². The number of carboxylic acids is 2. The minimum absolute atomic E-state index is 0.0238. The minimum Gasteiger partial charge on any atom is -0.480 e. The van der Waals surface area contributed by atoms with Crippen LogP contribution in [0.2, 0.25) is 5.02 Å². The van der Waals surface area contributed by atoms with Crippen LogP contribution >= 0.6 is 33.2 Å². The maximum atomic E-state index is 12.9. The molecule has 0 bridgehead atoms. The van der Waals surface area contributed by atoms with Crippen molar-refractivity contribution in [1.82, 2.24) is 25.9 Å². The van der Waals surface area contributed by atoms with Crippen LogP contribution in [-0.4, -0.2) is 86.0 Å². The molecule has 0 saturated heterocycles. The molecular formula is C26H32ClN7O9S2. The predicted octanol–water partition coefficient (Wildman–Crippen LogP) is 1.24. The molecule has 244 valence electrons. The molecule has 0 radical (unpaired) electrons. The van der Waals surface area contributed by atoms with Crippen LogP contribution in [0.3, 0.4) is 0 Å². The summed E-state index contributed by atoms with van der Waals surface area (Å²) in [6, 6.07) is 1.51. The summed E-state index contributed by atoms with van der Waals surface area (Å²) in [6.45, 7) is 4.25. The number of aliphatic carboxylic acids is 2. The van der Waals surface area contributed by atoms with Gasteiger partial charge >= 0.3 is 11.9 Å². The molecule has 9 N–H and O–H groups in total. The maximum absolute atomic E-state index is 12.9. The molecule has 0 aliphatic heterocycles. The van der Waals surface area contributed by atoms with Crippen LogP contribution in [0.5, 0.6) is 0 Å². The Bertz CT molecular complexity index is 1460. The molecule has 0 fully saturated rings. The molecule has 0 saturated carbocycles. The lowest BCUT2D eigenvalue weighted by atomic mass is 9.95. The zero-order chi connectivity index (χ0) is 33.9. The second kappa shape index (κ2) is 16.8. The Morgan fingerprint density at radius 1 is 1.09 bits per heavy atom. The van der Waals surface area contributed by atoms with Crippen molar-refractivity contribution in [3.05, 3.63) is 40.5 Å². The number of nitrogens with two attached hydrogens (primary N) is 1. The van der Waals surface area contributed by atoms with Crippen LogP contribution in [0.1, 0.15) is 54.3 Å². The van der Waals surface area contributed by atoms with Crippen LogP contribution in [-0.2, 0) is 24.0 Å². The number of aromatic nitrogens is 2. The molecular weight excluding hydrogens is 654 g/mol. The number of hydrogen-bond acceptors (Lipinski definition) is 11. The Kier molecular flexibility index (Phi) is 13.8. The quantitative estimate of drug-likeness (QED) is 0.123. The fourth-order valence-electron chi connectivity index (χ4n) is 3.10. The van der Waals surface area contributed by atoms with E-state index in [0.29, 0.717) is 5.03 Å². The predicted molar refractivity (Wildman–Crippen MR) is 166 cm³/mol. The number of carboxylic acid groups (broad SMARTS) is 2. The van der Waals surface area contributed by atoms with Gasteiger partial charge in [0.15, 0.2) is 0 Å². The highest BCUT2D eigenvalue weighted by Crippen LogP contribution is 2.31. The highest BCUT2D eigenvalue weighted by molar-refractivity contribution is 8.76. The third-order valence-corrected chi connectivity index (χ3v) is 8.22. The van der Waals surface area contributed by atoms with E-state index in [0.717, 1.165) is 21.6 Å². The third kappa shape index (κ3) is 12.4. The molecule has 1 aromatic heterocycles. The molecule has 2 rings (SSSR count). The third-order valence-electron chi connectivity index (χ3n) is 5.61. The first kappa shape index (κ1) is 37.1. The van der Waals surface area contributed by atoms with Gasteiger partial charge in [0.2, 0.25) is 23.7 Å². The van der Waals surface area contributed by atoms with Gasteiger partial charge in [0.05, 0.1) is 16.8 Å². The standard InChI is InChI=1S/C26H32ClN7O9S2/c1-26(2,3)24(43)33-20(38)12-4-5-14(27)13(8-12)21(39)34-25-30-9-18(32-25)45-44-11-16(22(40)29-10-19(36)37)31-17(35)7-6-15(28)23(41)42/h4-5,8-9,15-16H,6-7,10-11,28H2,1-3H3,(H,29,40)(H,31,35)(H,36,37)(H,41,42)(H,33,38,43)(H2,30,32,34,39)/t15-,16-/m0/s1. The highest BCUT2D eigenvalue weighted by Gasteiger charge is 2.25. The summed E-state index contributed by atoms with van der Waals surface area (Å²) in [5.41, 5.74) is 4.57. The number of nitrogens with one attached hydrogen (secondary N) is 5. The first-order chi connectivity index (χ1) is 21.0. The normalized spacial score (nSPS) is 12.4. The summed E-state index contributed by atoms with van der Waals surface area (Å²) in [4.78, 5) is 90.9. The van der Waals surface area contributed by atoms with E-state index in [1.165, 1.54) is 24.4 Å². The molecule has 0 spiro atoms. The number of halogens is 1. The maximum Gasteiger partial charge on any atom is 0.322 e. The van der Waals surface area contributed by atoms with E-state index in [9.17, 15) is 33.6 Å². The van der Waals surface area contributed by atoms with Gasteiger partial charge in [-0.15, -0.1) is 0 Å². The Balaban J connectivity index is 2.01. The molecule has 0 aliphatic rings. The van der Waals surface area contributed by atoms with Crippen molar-refractivity contribution in [3.8, 4) is 0 Å². The number of imidazole rings is 1. The van der Waals surface area contributed by atoms with Crippen molar-refractivity contribution in [1.29, 1.82) is 0 Å². The van der Waals surface area contributed by atoms with Gasteiger partial charge in [-0.2, -0.15) is 0 Å². The number of imide groups is 1. The summed E-state index contributed by atoms with van der Waals surface area (Å²) in [5.74, 6) is -5.90. The number of carbonyl (C=O) groups is 7. The van der Waals surface area contributed by atoms with E-state index in [-0.39, 0.29) is 40.7 Å². The van der Waals surface area contributed by atoms with Crippen molar-refractivity contribution in [2.45, 2.75) is 50.7 Å². The van der Waals surface area contributed by atoms with E-state index < -0.39 is 65.5 Å². The highest BCUT2D eigenvalue weighted by atomic mass is 35.5. The Hall–Kier alpha value is -4.13. The first-order valence-electron chi connectivity index (χ1n) is 13.1. The smallest absolute Gasteiger partial charge is 0.322 e. The van der Waals surface area contributed by atoms with E-state index in [1.54, 1.807) is 20.8 Å². The first-order valence-corrected chi connectivity index (χ1v) is 15.8. The Morgan fingerprint density at radius 2 is 1.78 bits per heavy atom. The largest absolute Gasteiger partial charge is 0.480 e. The molecule has 5 amide bonds. The van der Waals surface area contributed by atoms with Crippen molar-refractivity contribution in [3.63, 3.8) is 0 Å². The number of anilines is 1. The summed E-state index contributed by atoms with van der Waals surface area (Å²) >= 11 is 6.17. The lowest BCUT2D eigenvalue weighted by Crippen LogP contribution is -2.49. The Morgan fingerprint density at radius 3 is 2.40 bits per heavy atom. The molecule has 19 heteroatoms. The molecule has 16 nitrogen and oxygen atoms in total. The summed E-state index contributed by atoms with van der Waals surface area (Å²) in [5, 5.41) is 27.6. The van der Waals surface area contributed by atoms with Gasteiger partial charge in [0, 0.05) is 23.2 Å². The fourth-order valence-corrected chi connectivity index (χ4v) is 5.35. The van der Waals surface area contributed by atoms with Crippen molar-refractivity contribution in [2.24, 2.45) is 11.1 Å². The molecule has 1 aromatic carbocycles. The van der Waals surface area contributed by atoms with E-state index in [2.05, 4.69) is 31.2 Å². The number of hydrogen-bond donors (Lipinski definition) is 8. The number of nitrogens with zero attached hydrogens (tertiary/aromatic N) is 1. The monoisotopic (exact) mass is 685 g/mol. The summed E-state index contributed by atoms with van der Waals surface area (Å²) in [6.07, 6.45) is 0.932. The summed E-state index contributed by atoms with van der Waals surface area (Å²) < 4.78 is 0. The van der Waals surface area contributed by atoms with Gasteiger partial charge in [-0.3, -0.25) is 44.2 Å². The van der Waals surface area contributed by atoms with Gasteiger partial charge in [-0.1, -0.05) is 43.2 Å². The lowest BCUT2D eigenvalue weighted by molar-refractivity contribution is -0.139. The van der Waals surface area contributed by atoms with Gasteiger partial charge in [-0.05, 0) is 35.4 Å². The zero-order valence-electron chi connectivity index (χ0n) is 24.3. The molecule has 2 aromatic rings. The number of benzene rings is 1. The van der Waals surface area contributed by atoms with Gasteiger partial charge in [-0.25, -0.2) is 4.98 Å². The average molecular weight is 686 g/mol. The minimum atomic E-state index is -1.29. The molecule has 0 unspecified atom stereocenters. The van der Waals surface area contributed by atoms with Crippen LogP contribution in [0, 0.1) is 5.41 Å². The van der Waals surface area contributed by atoms with Crippen LogP contribution in [0.15, 0.2) is 29.4 Å². The van der Waals surface area contributed by atoms with Gasteiger partial charge in [0.25, 0.3) is 11.8 Å². The number of aromatic amines is 1. The van der Waals surface area contributed by atoms with Gasteiger partial charge < -0.3 is 31.6 Å². The van der Waals surface area contributed by atoms with Crippen molar-refractivity contribution < 1.29 is 43.8 Å². The van der Waals surface area contributed by atoms with Crippen molar-refractivity contribution >= 4 is 80.6 Å².